The van der Waals surface area contributed by atoms with Gasteiger partial charge in [-0.25, -0.2) is 0 Å². The average Bonchev–Trinajstić information content (AvgIpc) is 2.95. The van der Waals surface area contributed by atoms with Gasteiger partial charge < -0.3 is 15.3 Å². The molecule has 2 aliphatic rings. The van der Waals surface area contributed by atoms with Crippen molar-refractivity contribution in [2.75, 3.05) is 26.2 Å². The molecule has 1 saturated heterocycles. The van der Waals surface area contributed by atoms with E-state index in [2.05, 4.69) is 11.4 Å². The summed E-state index contributed by atoms with van der Waals surface area (Å²) in [6.45, 7) is 3.65. The molecule has 2 N–H and O–H groups in total. The average molecular weight is 274 g/mol. The van der Waals surface area contributed by atoms with Gasteiger partial charge in [-0.3, -0.25) is 4.79 Å². The van der Waals surface area contributed by atoms with E-state index in [1.165, 1.54) is 11.1 Å². The Morgan fingerprint density at radius 2 is 2.35 bits per heavy atom. The number of rotatable bonds is 3. The summed E-state index contributed by atoms with van der Waals surface area (Å²) in [5, 5.41) is 12.4. The van der Waals surface area contributed by atoms with E-state index in [9.17, 15) is 4.79 Å². The highest BCUT2D eigenvalue weighted by Crippen LogP contribution is 2.24. The Kier molecular flexibility index (Phi) is 4.03. The number of carbonyl (C=O) groups is 1. The second-order valence-electron chi connectivity index (χ2n) is 5.79. The van der Waals surface area contributed by atoms with Crippen LogP contribution in [0.5, 0.6) is 0 Å². The van der Waals surface area contributed by atoms with E-state index in [4.69, 9.17) is 5.11 Å². The zero-order valence-electron chi connectivity index (χ0n) is 11.8. The number of benzene rings is 1. The number of nitrogens with zero attached hydrogens (tertiary/aromatic N) is 1. The lowest BCUT2D eigenvalue weighted by Gasteiger charge is -2.23. The fraction of sp³-hybridized carbons (Fsp3) is 0.562. The zero-order chi connectivity index (χ0) is 13.9. The Morgan fingerprint density at radius 1 is 1.45 bits per heavy atom. The molecule has 2 heterocycles. The predicted octanol–water partition coefficient (Wildman–Crippen LogP) is 1.18. The molecule has 0 spiro atoms. The summed E-state index contributed by atoms with van der Waals surface area (Å²) in [6, 6.07) is 6.06. The molecule has 20 heavy (non-hydrogen) atoms. The Bertz CT molecular complexity index is 501. The van der Waals surface area contributed by atoms with Gasteiger partial charge >= 0.3 is 0 Å². The van der Waals surface area contributed by atoms with Crippen LogP contribution in [0.3, 0.4) is 0 Å². The van der Waals surface area contributed by atoms with Crippen molar-refractivity contribution in [3.63, 3.8) is 0 Å². The molecule has 0 aliphatic carbocycles. The van der Waals surface area contributed by atoms with Gasteiger partial charge in [0.05, 0.1) is 0 Å². The van der Waals surface area contributed by atoms with Gasteiger partial charge in [0.15, 0.2) is 0 Å². The van der Waals surface area contributed by atoms with Crippen molar-refractivity contribution in [1.29, 1.82) is 0 Å². The molecule has 1 unspecified atom stereocenters. The first-order chi connectivity index (χ1) is 9.79. The van der Waals surface area contributed by atoms with Crippen molar-refractivity contribution >= 4 is 5.91 Å². The van der Waals surface area contributed by atoms with E-state index in [1.807, 2.05) is 17.0 Å². The smallest absolute Gasteiger partial charge is 0.254 e. The molecule has 0 aromatic heterocycles. The standard InChI is InChI=1S/C16H22N2O2/c19-9-6-12-5-8-18(11-12)16(20)15-3-1-2-13-10-17-7-4-14(13)15/h1-3,12,17,19H,4-11H2. The van der Waals surface area contributed by atoms with Gasteiger partial charge in [-0.05, 0) is 48.9 Å². The summed E-state index contributed by atoms with van der Waals surface area (Å²) in [7, 11) is 0. The summed E-state index contributed by atoms with van der Waals surface area (Å²) < 4.78 is 0. The predicted molar refractivity (Wildman–Crippen MR) is 77.6 cm³/mol. The highest BCUT2D eigenvalue weighted by Gasteiger charge is 2.28. The number of aliphatic hydroxyl groups excluding tert-OH is 1. The molecule has 1 fully saturated rings. The monoisotopic (exact) mass is 274 g/mol. The topological polar surface area (TPSA) is 52.6 Å². The molecule has 1 amide bonds. The largest absolute Gasteiger partial charge is 0.396 e. The molecule has 108 valence electrons. The number of amides is 1. The van der Waals surface area contributed by atoms with Gasteiger partial charge in [-0.2, -0.15) is 0 Å². The first kappa shape index (κ1) is 13.6. The minimum absolute atomic E-state index is 0.171. The fourth-order valence-electron chi connectivity index (χ4n) is 3.34. The van der Waals surface area contributed by atoms with E-state index in [0.29, 0.717) is 5.92 Å². The van der Waals surface area contributed by atoms with Gasteiger partial charge in [0, 0.05) is 31.8 Å². The second-order valence-corrected chi connectivity index (χ2v) is 5.79. The molecule has 2 aliphatic heterocycles. The molecule has 1 aromatic carbocycles. The van der Waals surface area contributed by atoms with Gasteiger partial charge in [0.2, 0.25) is 0 Å². The quantitative estimate of drug-likeness (QED) is 0.870. The lowest BCUT2D eigenvalue weighted by atomic mass is 9.95. The maximum Gasteiger partial charge on any atom is 0.254 e. The number of nitrogens with one attached hydrogen (secondary N) is 1. The van der Waals surface area contributed by atoms with Crippen LogP contribution >= 0.6 is 0 Å². The normalized spacial score (nSPS) is 21.9. The van der Waals surface area contributed by atoms with Crippen molar-refractivity contribution in [2.45, 2.75) is 25.8 Å². The maximum atomic E-state index is 12.7. The van der Waals surface area contributed by atoms with Crippen LogP contribution in [0.1, 0.15) is 34.3 Å². The van der Waals surface area contributed by atoms with Gasteiger partial charge in [0.25, 0.3) is 5.91 Å². The number of carbonyl (C=O) groups excluding carboxylic acids is 1. The van der Waals surface area contributed by atoms with Crippen molar-refractivity contribution < 1.29 is 9.90 Å². The van der Waals surface area contributed by atoms with Crippen LogP contribution in [-0.4, -0.2) is 42.2 Å². The van der Waals surface area contributed by atoms with Crippen molar-refractivity contribution in [3.05, 3.63) is 34.9 Å². The molecular weight excluding hydrogens is 252 g/mol. The lowest BCUT2D eigenvalue weighted by molar-refractivity contribution is 0.0783. The van der Waals surface area contributed by atoms with Crippen LogP contribution in [0.25, 0.3) is 0 Å². The lowest BCUT2D eigenvalue weighted by Crippen LogP contribution is -2.32. The Hall–Kier alpha value is -1.39. The zero-order valence-corrected chi connectivity index (χ0v) is 11.8. The SMILES string of the molecule is O=C(c1cccc2c1CCNC2)N1CCC(CCO)C1. The highest BCUT2D eigenvalue weighted by molar-refractivity contribution is 5.96. The summed E-state index contributed by atoms with van der Waals surface area (Å²) in [4.78, 5) is 14.7. The summed E-state index contributed by atoms with van der Waals surface area (Å²) in [5.41, 5.74) is 3.36. The first-order valence-corrected chi connectivity index (χ1v) is 7.51. The Morgan fingerprint density at radius 3 is 3.20 bits per heavy atom. The number of aliphatic hydroxyl groups is 1. The highest BCUT2D eigenvalue weighted by atomic mass is 16.3. The van der Waals surface area contributed by atoms with Crippen LogP contribution in [0.2, 0.25) is 0 Å². The van der Waals surface area contributed by atoms with Crippen molar-refractivity contribution in [2.24, 2.45) is 5.92 Å². The van der Waals surface area contributed by atoms with E-state index in [1.54, 1.807) is 0 Å². The van der Waals surface area contributed by atoms with Crippen LogP contribution < -0.4 is 5.32 Å². The van der Waals surface area contributed by atoms with E-state index < -0.39 is 0 Å². The molecule has 4 heteroatoms. The van der Waals surface area contributed by atoms with Crippen LogP contribution in [0, 0.1) is 5.92 Å². The van der Waals surface area contributed by atoms with Gasteiger partial charge in [0.1, 0.15) is 0 Å². The summed E-state index contributed by atoms with van der Waals surface area (Å²) in [5.74, 6) is 0.634. The Labute approximate surface area is 119 Å². The molecule has 0 saturated carbocycles. The molecule has 1 atom stereocenters. The molecular formula is C16H22N2O2. The number of likely N-dealkylation sites (tertiary alicyclic amines) is 1. The minimum Gasteiger partial charge on any atom is -0.396 e. The van der Waals surface area contributed by atoms with Gasteiger partial charge in [-0.15, -0.1) is 0 Å². The summed E-state index contributed by atoms with van der Waals surface area (Å²) in [6.07, 6.45) is 2.76. The maximum absolute atomic E-state index is 12.7. The van der Waals surface area contributed by atoms with Crippen LogP contribution in [-0.2, 0) is 13.0 Å². The molecule has 0 bridgehead atoms. The number of hydrogen-bond donors (Lipinski definition) is 2. The van der Waals surface area contributed by atoms with E-state index in [-0.39, 0.29) is 12.5 Å². The molecule has 0 radical (unpaired) electrons. The molecule has 3 rings (SSSR count). The molecule has 4 nitrogen and oxygen atoms in total. The third-order valence-corrected chi connectivity index (χ3v) is 4.48. The summed E-state index contributed by atoms with van der Waals surface area (Å²) >= 11 is 0. The minimum atomic E-state index is 0.171. The van der Waals surface area contributed by atoms with Crippen molar-refractivity contribution in [1.82, 2.24) is 10.2 Å². The van der Waals surface area contributed by atoms with E-state index in [0.717, 1.165) is 51.0 Å². The van der Waals surface area contributed by atoms with Gasteiger partial charge in [-0.1, -0.05) is 12.1 Å². The fourth-order valence-corrected chi connectivity index (χ4v) is 3.34. The van der Waals surface area contributed by atoms with Crippen LogP contribution in [0.15, 0.2) is 18.2 Å². The third kappa shape index (κ3) is 2.58. The second kappa shape index (κ2) is 5.94. The van der Waals surface area contributed by atoms with E-state index >= 15 is 0 Å². The van der Waals surface area contributed by atoms with Crippen molar-refractivity contribution in [3.8, 4) is 0 Å². The number of fused-ring (bicyclic) bond motifs is 1. The van der Waals surface area contributed by atoms with Crippen LogP contribution in [0.4, 0.5) is 0 Å². The Balaban J connectivity index is 1.78. The first-order valence-electron chi connectivity index (χ1n) is 7.51. The number of hydrogen-bond acceptors (Lipinski definition) is 3. The third-order valence-electron chi connectivity index (χ3n) is 4.48. The molecule has 1 aromatic rings.